The van der Waals surface area contributed by atoms with Gasteiger partial charge in [-0.05, 0) is 48.5 Å². The van der Waals surface area contributed by atoms with E-state index in [1.54, 1.807) is 49.6 Å². The van der Waals surface area contributed by atoms with Gasteiger partial charge in [-0.3, -0.25) is 4.79 Å². The van der Waals surface area contributed by atoms with Crippen molar-refractivity contribution in [3.05, 3.63) is 76.3 Å². The molecule has 0 fully saturated rings. The van der Waals surface area contributed by atoms with Crippen LogP contribution in [0.3, 0.4) is 0 Å². The third-order valence-corrected chi connectivity index (χ3v) is 4.42. The lowest BCUT2D eigenvalue weighted by Crippen LogP contribution is -2.12. The molecule has 0 saturated heterocycles. The molecule has 0 bridgehead atoms. The zero-order valence-electron chi connectivity index (χ0n) is 15.2. The summed E-state index contributed by atoms with van der Waals surface area (Å²) in [6, 6.07) is 16.9. The molecule has 1 amide bonds. The normalized spacial score (nSPS) is 10.3. The Labute approximate surface area is 172 Å². The van der Waals surface area contributed by atoms with Gasteiger partial charge in [0.05, 0.1) is 24.9 Å². The molecule has 144 valence electrons. The van der Waals surface area contributed by atoms with Gasteiger partial charge in [-0.15, -0.1) is 0 Å². The fourth-order valence-electron chi connectivity index (χ4n) is 2.51. The molecule has 0 saturated carbocycles. The summed E-state index contributed by atoms with van der Waals surface area (Å²) in [5.41, 5.74) is 0.782. The third kappa shape index (κ3) is 4.50. The Morgan fingerprint density at radius 2 is 1.50 bits per heavy atom. The summed E-state index contributed by atoms with van der Waals surface area (Å²) in [4.78, 5) is 12.7. The molecule has 3 rings (SSSR count). The van der Waals surface area contributed by atoms with Gasteiger partial charge >= 0.3 is 0 Å². The Morgan fingerprint density at radius 1 is 0.821 bits per heavy atom. The average molecular weight is 418 g/mol. The summed E-state index contributed by atoms with van der Waals surface area (Å²) < 4.78 is 16.3. The minimum absolute atomic E-state index is 0.340. The molecule has 3 aromatic carbocycles. The second kappa shape index (κ2) is 8.87. The molecule has 0 unspecified atom stereocenters. The number of para-hydroxylation sites is 2. The van der Waals surface area contributed by atoms with E-state index in [-0.39, 0.29) is 5.91 Å². The molecule has 0 heterocycles. The van der Waals surface area contributed by atoms with Crippen LogP contribution < -0.4 is 19.5 Å². The molecule has 5 nitrogen and oxygen atoms in total. The number of carbonyl (C=O) groups excluding carboxylic acids is 1. The Balaban J connectivity index is 1.88. The molecule has 1 N–H and O–H groups in total. The number of methoxy groups -OCH3 is 2. The standard InChI is InChI=1S/C21H17Cl2NO4/c1-26-17-9-7-13(11-15(17)23)21(25)24-16-12-14(22)8-10-18(16)28-20-6-4-3-5-19(20)27-2/h3-12H,1-2H3,(H,24,25). The van der Waals surface area contributed by atoms with E-state index in [9.17, 15) is 4.79 Å². The second-order valence-electron chi connectivity index (χ2n) is 5.70. The van der Waals surface area contributed by atoms with Crippen LogP contribution in [0.25, 0.3) is 0 Å². The van der Waals surface area contributed by atoms with E-state index < -0.39 is 0 Å². The first-order valence-corrected chi connectivity index (χ1v) is 9.02. The third-order valence-electron chi connectivity index (χ3n) is 3.89. The number of carbonyl (C=O) groups is 1. The van der Waals surface area contributed by atoms with Gasteiger partial charge < -0.3 is 19.5 Å². The Morgan fingerprint density at radius 3 is 2.18 bits per heavy atom. The van der Waals surface area contributed by atoms with E-state index in [0.717, 1.165) is 0 Å². The Hall–Kier alpha value is -2.89. The zero-order chi connectivity index (χ0) is 20.1. The van der Waals surface area contributed by atoms with Gasteiger partial charge in [-0.2, -0.15) is 0 Å². The van der Waals surface area contributed by atoms with Crippen molar-refractivity contribution in [2.24, 2.45) is 0 Å². The summed E-state index contributed by atoms with van der Waals surface area (Å²) in [7, 11) is 3.06. The fraction of sp³-hybridized carbons (Fsp3) is 0.0952. The SMILES string of the molecule is COc1ccc(C(=O)Nc2cc(Cl)ccc2Oc2ccccc2OC)cc1Cl. The van der Waals surface area contributed by atoms with Crippen molar-refractivity contribution in [1.29, 1.82) is 0 Å². The van der Waals surface area contributed by atoms with Gasteiger partial charge in [0, 0.05) is 10.6 Å². The lowest BCUT2D eigenvalue weighted by molar-refractivity contribution is 0.102. The molecule has 0 aliphatic rings. The summed E-state index contributed by atoms with van der Waals surface area (Å²) >= 11 is 12.2. The average Bonchev–Trinajstić information content (AvgIpc) is 2.70. The van der Waals surface area contributed by atoms with Crippen LogP contribution in [0.2, 0.25) is 10.0 Å². The number of nitrogens with one attached hydrogen (secondary N) is 1. The van der Waals surface area contributed by atoms with Crippen molar-refractivity contribution in [2.45, 2.75) is 0 Å². The second-order valence-corrected chi connectivity index (χ2v) is 6.54. The van der Waals surface area contributed by atoms with Crippen molar-refractivity contribution in [3.63, 3.8) is 0 Å². The molecule has 0 atom stereocenters. The van der Waals surface area contributed by atoms with Crippen molar-refractivity contribution in [2.75, 3.05) is 19.5 Å². The first kappa shape index (κ1) is 19.9. The molecular formula is C21H17Cl2NO4. The van der Waals surface area contributed by atoms with Crippen LogP contribution in [0.15, 0.2) is 60.7 Å². The van der Waals surface area contributed by atoms with Crippen molar-refractivity contribution >= 4 is 34.8 Å². The van der Waals surface area contributed by atoms with Crippen LogP contribution in [-0.2, 0) is 0 Å². The summed E-state index contributed by atoms with van der Waals surface area (Å²) in [5, 5.41) is 3.60. The number of rotatable bonds is 6. The predicted octanol–water partition coefficient (Wildman–Crippen LogP) is 6.06. The molecule has 0 radical (unpaired) electrons. The number of hydrogen-bond donors (Lipinski definition) is 1. The maximum absolute atomic E-state index is 12.7. The minimum Gasteiger partial charge on any atom is -0.495 e. The van der Waals surface area contributed by atoms with Crippen LogP contribution in [0, 0.1) is 0 Å². The monoisotopic (exact) mass is 417 g/mol. The highest BCUT2D eigenvalue weighted by molar-refractivity contribution is 6.32. The van der Waals surface area contributed by atoms with Crippen LogP contribution in [0.5, 0.6) is 23.0 Å². The topological polar surface area (TPSA) is 56.8 Å². The Bertz CT molecular complexity index is 1010. The first-order valence-electron chi connectivity index (χ1n) is 8.27. The van der Waals surface area contributed by atoms with E-state index in [1.165, 1.54) is 13.2 Å². The largest absolute Gasteiger partial charge is 0.495 e. The number of anilines is 1. The van der Waals surface area contributed by atoms with Crippen LogP contribution in [0.1, 0.15) is 10.4 Å². The molecule has 7 heteroatoms. The summed E-state index contributed by atoms with van der Waals surface area (Å²) in [6.45, 7) is 0. The van der Waals surface area contributed by atoms with Crippen LogP contribution in [0.4, 0.5) is 5.69 Å². The quantitative estimate of drug-likeness (QED) is 0.529. The van der Waals surface area contributed by atoms with Gasteiger partial charge in [-0.1, -0.05) is 35.3 Å². The van der Waals surface area contributed by atoms with Crippen molar-refractivity contribution in [1.82, 2.24) is 0 Å². The molecule has 0 aliphatic heterocycles. The molecule has 0 aromatic heterocycles. The Kier molecular flexibility index (Phi) is 6.29. The minimum atomic E-state index is -0.364. The lowest BCUT2D eigenvalue weighted by Gasteiger charge is -2.15. The number of hydrogen-bond acceptors (Lipinski definition) is 4. The highest BCUT2D eigenvalue weighted by Gasteiger charge is 2.14. The number of ether oxygens (including phenoxy) is 3. The molecule has 3 aromatic rings. The maximum atomic E-state index is 12.7. The molecule has 0 aliphatic carbocycles. The van der Waals surface area contributed by atoms with E-state index in [1.807, 2.05) is 12.1 Å². The van der Waals surface area contributed by atoms with Gasteiger partial charge in [0.1, 0.15) is 5.75 Å². The van der Waals surface area contributed by atoms with E-state index in [4.69, 9.17) is 37.4 Å². The van der Waals surface area contributed by atoms with Gasteiger partial charge in [-0.25, -0.2) is 0 Å². The number of amides is 1. The number of halogens is 2. The van der Waals surface area contributed by atoms with E-state index >= 15 is 0 Å². The zero-order valence-corrected chi connectivity index (χ0v) is 16.7. The van der Waals surface area contributed by atoms with E-state index in [2.05, 4.69) is 5.32 Å². The van der Waals surface area contributed by atoms with Gasteiger partial charge in [0.2, 0.25) is 0 Å². The van der Waals surface area contributed by atoms with Crippen LogP contribution >= 0.6 is 23.2 Å². The first-order chi connectivity index (χ1) is 13.5. The predicted molar refractivity (Wildman–Crippen MR) is 110 cm³/mol. The van der Waals surface area contributed by atoms with Gasteiger partial charge in [0.15, 0.2) is 17.2 Å². The summed E-state index contributed by atoms with van der Waals surface area (Å²) in [5.74, 6) is 1.62. The molecule has 28 heavy (non-hydrogen) atoms. The van der Waals surface area contributed by atoms with Gasteiger partial charge in [0.25, 0.3) is 5.91 Å². The number of benzene rings is 3. The highest BCUT2D eigenvalue weighted by atomic mass is 35.5. The highest BCUT2D eigenvalue weighted by Crippen LogP contribution is 2.36. The fourth-order valence-corrected chi connectivity index (χ4v) is 2.94. The van der Waals surface area contributed by atoms with E-state index in [0.29, 0.717) is 44.3 Å². The van der Waals surface area contributed by atoms with Crippen molar-refractivity contribution < 1.29 is 19.0 Å². The molecular weight excluding hydrogens is 401 g/mol. The lowest BCUT2D eigenvalue weighted by atomic mass is 10.2. The van der Waals surface area contributed by atoms with Crippen LogP contribution in [-0.4, -0.2) is 20.1 Å². The maximum Gasteiger partial charge on any atom is 0.255 e. The summed E-state index contributed by atoms with van der Waals surface area (Å²) in [6.07, 6.45) is 0. The van der Waals surface area contributed by atoms with Crippen molar-refractivity contribution in [3.8, 4) is 23.0 Å². The smallest absolute Gasteiger partial charge is 0.255 e. The molecule has 0 spiro atoms.